The predicted molar refractivity (Wildman–Crippen MR) is 62.5 cm³/mol. The van der Waals surface area contributed by atoms with E-state index in [4.69, 9.17) is 0 Å². The van der Waals surface area contributed by atoms with Crippen LogP contribution in [-0.4, -0.2) is 22.4 Å². The summed E-state index contributed by atoms with van der Waals surface area (Å²) in [4.78, 5) is 0. The molecular weight excluding hydrogens is 242 g/mol. The van der Waals surface area contributed by atoms with E-state index in [1.165, 1.54) is 5.69 Å². The molecule has 0 aromatic carbocycles. The first-order valence-electron chi connectivity index (χ1n) is 4.93. The Labute approximate surface area is 94.0 Å². The van der Waals surface area contributed by atoms with Gasteiger partial charge in [-0.25, -0.2) is 0 Å². The average molecular weight is 260 g/mol. The highest BCUT2D eigenvalue weighted by atomic mass is 79.9. The molecule has 0 saturated carbocycles. The van der Waals surface area contributed by atoms with Gasteiger partial charge in [-0.05, 0) is 22.9 Å². The van der Waals surface area contributed by atoms with Crippen LogP contribution in [0.2, 0.25) is 0 Å². The highest BCUT2D eigenvalue weighted by Crippen LogP contribution is 2.20. The highest BCUT2D eigenvalue weighted by molar-refractivity contribution is 9.10. The summed E-state index contributed by atoms with van der Waals surface area (Å²) in [5.74, 6) is 0. The summed E-state index contributed by atoms with van der Waals surface area (Å²) >= 11 is 3.56. The van der Waals surface area contributed by atoms with Crippen molar-refractivity contribution in [2.75, 3.05) is 6.54 Å². The van der Waals surface area contributed by atoms with Crippen molar-refractivity contribution in [1.82, 2.24) is 15.1 Å². The van der Waals surface area contributed by atoms with Crippen molar-refractivity contribution in [2.24, 2.45) is 7.05 Å². The van der Waals surface area contributed by atoms with E-state index in [-0.39, 0.29) is 0 Å². The maximum absolute atomic E-state index is 4.35. The van der Waals surface area contributed by atoms with E-state index in [0.29, 0.717) is 6.04 Å². The molecule has 1 aromatic heterocycles. The maximum Gasteiger partial charge on any atom is 0.0738 e. The van der Waals surface area contributed by atoms with Gasteiger partial charge in [-0.2, -0.15) is 5.10 Å². The lowest BCUT2D eigenvalue weighted by Crippen LogP contribution is -2.25. The van der Waals surface area contributed by atoms with Crippen LogP contribution in [0.15, 0.2) is 4.47 Å². The van der Waals surface area contributed by atoms with Gasteiger partial charge in [0.1, 0.15) is 0 Å². The molecule has 0 atom stereocenters. The van der Waals surface area contributed by atoms with E-state index in [9.17, 15) is 0 Å². The number of aryl methyl sites for hydroxylation is 2. The molecule has 0 aliphatic carbocycles. The Morgan fingerprint density at radius 1 is 1.50 bits per heavy atom. The second-order valence-corrected chi connectivity index (χ2v) is 4.62. The number of nitrogens with one attached hydrogen (secondary N) is 1. The van der Waals surface area contributed by atoms with Crippen molar-refractivity contribution >= 4 is 15.9 Å². The lowest BCUT2D eigenvalue weighted by atomic mass is 10.2. The van der Waals surface area contributed by atoms with Crippen LogP contribution in [0.3, 0.4) is 0 Å². The molecule has 0 fully saturated rings. The zero-order chi connectivity index (χ0) is 10.7. The fourth-order valence-corrected chi connectivity index (χ4v) is 1.97. The van der Waals surface area contributed by atoms with Gasteiger partial charge in [0.15, 0.2) is 0 Å². The van der Waals surface area contributed by atoms with Gasteiger partial charge in [-0.3, -0.25) is 4.68 Å². The molecule has 1 N–H and O–H groups in total. The van der Waals surface area contributed by atoms with Gasteiger partial charge in [-0.1, -0.05) is 13.8 Å². The fourth-order valence-electron chi connectivity index (χ4n) is 1.43. The van der Waals surface area contributed by atoms with Crippen molar-refractivity contribution in [1.29, 1.82) is 0 Å². The largest absolute Gasteiger partial charge is 0.314 e. The van der Waals surface area contributed by atoms with Crippen LogP contribution in [0.4, 0.5) is 0 Å². The van der Waals surface area contributed by atoms with E-state index in [1.807, 2.05) is 18.7 Å². The minimum atomic E-state index is 0.545. The first-order chi connectivity index (χ1) is 6.52. The molecule has 14 heavy (non-hydrogen) atoms. The molecule has 0 amide bonds. The van der Waals surface area contributed by atoms with Crippen LogP contribution < -0.4 is 5.32 Å². The highest BCUT2D eigenvalue weighted by Gasteiger charge is 2.09. The van der Waals surface area contributed by atoms with Crippen molar-refractivity contribution in [3.8, 4) is 0 Å². The van der Waals surface area contributed by atoms with Gasteiger partial charge < -0.3 is 5.32 Å². The molecule has 4 heteroatoms. The summed E-state index contributed by atoms with van der Waals surface area (Å²) in [6.07, 6.45) is 1.01. The van der Waals surface area contributed by atoms with Gasteiger partial charge in [0.05, 0.1) is 15.9 Å². The van der Waals surface area contributed by atoms with Crippen molar-refractivity contribution in [3.05, 3.63) is 15.9 Å². The predicted octanol–water partition coefficient (Wildman–Crippen LogP) is 2.03. The fraction of sp³-hybridized carbons (Fsp3) is 0.700. The van der Waals surface area contributed by atoms with Crippen molar-refractivity contribution in [2.45, 2.75) is 33.2 Å². The zero-order valence-electron chi connectivity index (χ0n) is 9.26. The molecule has 0 bridgehead atoms. The van der Waals surface area contributed by atoms with Crippen LogP contribution in [0.25, 0.3) is 0 Å². The maximum atomic E-state index is 4.35. The van der Waals surface area contributed by atoms with E-state index in [0.717, 1.165) is 23.1 Å². The zero-order valence-corrected chi connectivity index (χ0v) is 10.8. The quantitative estimate of drug-likeness (QED) is 0.897. The first kappa shape index (κ1) is 11.7. The molecule has 0 radical (unpaired) electrons. The van der Waals surface area contributed by atoms with Crippen LogP contribution in [-0.2, 0) is 13.5 Å². The normalized spacial score (nSPS) is 11.3. The summed E-state index contributed by atoms with van der Waals surface area (Å²) in [7, 11) is 1.99. The topological polar surface area (TPSA) is 29.9 Å². The molecule has 0 aliphatic heterocycles. The van der Waals surface area contributed by atoms with Crippen LogP contribution in [0.5, 0.6) is 0 Å². The monoisotopic (exact) mass is 259 g/mol. The molecule has 0 unspecified atom stereocenters. The lowest BCUT2D eigenvalue weighted by Gasteiger charge is -2.08. The summed E-state index contributed by atoms with van der Waals surface area (Å²) in [5, 5.41) is 7.75. The van der Waals surface area contributed by atoms with Gasteiger partial charge in [0.2, 0.25) is 0 Å². The molecule has 0 aliphatic rings. The average Bonchev–Trinajstić information content (AvgIpc) is 2.31. The third-order valence-electron chi connectivity index (χ3n) is 2.18. The van der Waals surface area contributed by atoms with Gasteiger partial charge in [-0.15, -0.1) is 0 Å². The Kier molecular flexibility index (Phi) is 4.13. The number of aromatic nitrogens is 2. The third kappa shape index (κ3) is 2.82. The molecule has 1 heterocycles. The summed E-state index contributed by atoms with van der Waals surface area (Å²) in [6.45, 7) is 7.33. The van der Waals surface area contributed by atoms with Gasteiger partial charge in [0, 0.05) is 26.1 Å². The number of rotatable bonds is 4. The van der Waals surface area contributed by atoms with E-state index in [2.05, 4.69) is 40.2 Å². The third-order valence-corrected chi connectivity index (χ3v) is 3.21. The molecule has 1 aromatic rings. The van der Waals surface area contributed by atoms with Crippen molar-refractivity contribution < 1.29 is 0 Å². The van der Waals surface area contributed by atoms with E-state index >= 15 is 0 Å². The first-order valence-corrected chi connectivity index (χ1v) is 5.73. The number of hydrogen-bond donors (Lipinski definition) is 1. The molecule has 0 saturated heterocycles. The Bertz CT molecular complexity index is 305. The molecular formula is C10H18BrN3. The Morgan fingerprint density at radius 3 is 2.57 bits per heavy atom. The van der Waals surface area contributed by atoms with Crippen LogP contribution in [0.1, 0.15) is 25.2 Å². The minimum Gasteiger partial charge on any atom is -0.314 e. The molecule has 1 rings (SSSR count). The number of hydrogen-bond acceptors (Lipinski definition) is 2. The second kappa shape index (κ2) is 4.94. The smallest absolute Gasteiger partial charge is 0.0738 e. The van der Waals surface area contributed by atoms with Crippen molar-refractivity contribution in [3.63, 3.8) is 0 Å². The van der Waals surface area contributed by atoms with Gasteiger partial charge in [0.25, 0.3) is 0 Å². The standard InChI is InChI=1S/C10H18BrN3/c1-7(2)12-6-5-9-10(11)8(3)13-14(9)4/h7,12H,5-6H2,1-4H3. The SMILES string of the molecule is Cc1nn(C)c(CCNC(C)C)c1Br. The Balaban J connectivity index is 2.58. The van der Waals surface area contributed by atoms with Gasteiger partial charge >= 0.3 is 0 Å². The second-order valence-electron chi connectivity index (χ2n) is 3.83. The molecule has 80 valence electrons. The number of nitrogens with zero attached hydrogens (tertiary/aromatic N) is 2. The van der Waals surface area contributed by atoms with Crippen LogP contribution >= 0.6 is 15.9 Å². The summed E-state index contributed by atoms with van der Waals surface area (Å²) < 4.78 is 3.09. The van der Waals surface area contributed by atoms with E-state index < -0.39 is 0 Å². The molecule has 3 nitrogen and oxygen atoms in total. The van der Waals surface area contributed by atoms with Crippen LogP contribution in [0, 0.1) is 6.92 Å². The minimum absolute atomic E-state index is 0.545. The lowest BCUT2D eigenvalue weighted by molar-refractivity contribution is 0.575. The Hall–Kier alpha value is -0.350. The molecule has 0 spiro atoms. The number of halogens is 1. The summed E-state index contributed by atoms with van der Waals surface area (Å²) in [5.41, 5.74) is 2.32. The van der Waals surface area contributed by atoms with E-state index in [1.54, 1.807) is 0 Å². The Morgan fingerprint density at radius 2 is 2.14 bits per heavy atom. The summed E-state index contributed by atoms with van der Waals surface area (Å²) in [6, 6.07) is 0.545.